The number of nitrogens with two attached hydrogens (primary N) is 2. The smallest absolute Gasteiger partial charge is 0.152 e. The first-order valence-corrected chi connectivity index (χ1v) is 11.2. The Morgan fingerprint density at radius 3 is 2.61 bits per heavy atom. The summed E-state index contributed by atoms with van der Waals surface area (Å²) in [7, 11) is 0. The first-order valence-electron chi connectivity index (χ1n) is 11.2. The molecule has 0 unspecified atom stereocenters. The molecular weight excluding hydrogens is 386 g/mol. The van der Waals surface area contributed by atoms with Crippen LogP contribution in [0.25, 0.3) is 21.9 Å². The number of benzene rings is 2. The normalized spacial score (nSPS) is 11.4. The van der Waals surface area contributed by atoms with Gasteiger partial charge in [-0.25, -0.2) is 9.97 Å². The summed E-state index contributed by atoms with van der Waals surface area (Å²) in [6.07, 6.45) is 5.14. The van der Waals surface area contributed by atoms with Crippen LogP contribution in [-0.2, 0) is 19.6 Å². The highest BCUT2D eigenvalue weighted by Crippen LogP contribution is 2.32. The van der Waals surface area contributed by atoms with E-state index in [-0.39, 0.29) is 0 Å². The maximum Gasteiger partial charge on any atom is 0.152 e. The lowest BCUT2D eigenvalue weighted by Crippen LogP contribution is -2.07. The van der Waals surface area contributed by atoms with E-state index in [0.717, 1.165) is 77.7 Å². The Hall–Kier alpha value is -3.12. The maximum absolute atomic E-state index is 6.32. The van der Waals surface area contributed by atoms with Crippen LogP contribution in [0.5, 0.6) is 5.75 Å². The molecule has 0 aliphatic rings. The topological polar surface area (TPSA) is 92.0 Å². The predicted octanol–water partition coefficient (Wildman–Crippen LogP) is 4.83. The van der Waals surface area contributed by atoms with Gasteiger partial charge in [0, 0.05) is 18.4 Å². The number of unbranched alkanes of at least 4 members (excludes halogenated alkanes) is 2. The lowest BCUT2D eigenvalue weighted by Gasteiger charge is -2.12. The van der Waals surface area contributed by atoms with Gasteiger partial charge in [-0.2, -0.15) is 0 Å². The van der Waals surface area contributed by atoms with Crippen LogP contribution in [-0.4, -0.2) is 21.1 Å². The highest BCUT2D eigenvalue weighted by Gasteiger charge is 2.17. The molecule has 2 heterocycles. The van der Waals surface area contributed by atoms with Gasteiger partial charge in [0.2, 0.25) is 0 Å². The maximum atomic E-state index is 6.32. The number of pyridine rings is 1. The summed E-state index contributed by atoms with van der Waals surface area (Å²) in [5, 5.41) is 1.03. The third-order valence-corrected chi connectivity index (χ3v) is 5.59. The molecule has 0 aliphatic carbocycles. The van der Waals surface area contributed by atoms with E-state index in [1.165, 1.54) is 0 Å². The summed E-state index contributed by atoms with van der Waals surface area (Å²) in [5.74, 6) is 2.37. The minimum Gasteiger partial charge on any atom is -0.489 e. The molecule has 0 aliphatic heterocycles. The minimum atomic E-state index is 0.482. The molecule has 0 radical (unpaired) electrons. The van der Waals surface area contributed by atoms with Crippen molar-refractivity contribution >= 4 is 27.8 Å². The molecule has 31 heavy (non-hydrogen) atoms. The molecule has 2 aromatic heterocycles. The number of nitrogen functional groups attached to an aromatic ring is 1. The van der Waals surface area contributed by atoms with Crippen LogP contribution in [0.3, 0.4) is 0 Å². The number of fused-ring (bicyclic) bond motifs is 3. The van der Waals surface area contributed by atoms with E-state index >= 15 is 0 Å². The molecule has 0 fully saturated rings. The Morgan fingerprint density at radius 1 is 1.00 bits per heavy atom. The molecule has 0 saturated heterocycles. The third-order valence-electron chi connectivity index (χ3n) is 5.59. The fraction of sp³-hybridized carbons (Fsp3) is 0.360. The number of aromatic nitrogens is 3. The van der Waals surface area contributed by atoms with Crippen molar-refractivity contribution in [3.05, 3.63) is 59.9 Å². The van der Waals surface area contributed by atoms with E-state index in [1.807, 2.05) is 30.3 Å². The molecule has 162 valence electrons. The van der Waals surface area contributed by atoms with Crippen molar-refractivity contribution in [3.63, 3.8) is 0 Å². The molecule has 0 amide bonds. The zero-order chi connectivity index (χ0) is 21.6. The number of rotatable bonds is 10. The SMILES string of the molecule is CCCCc1nc2c(N)nc3ccc(OCc4ccccc4)cc3c2n1CCCCN. The quantitative estimate of drug-likeness (QED) is 0.361. The Kier molecular flexibility index (Phi) is 6.67. The van der Waals surface area contributed by atoms with Crippen LogP contribution < -0.4 is 16.2 Å². The Morgan fingerprint density at radius 2 is 1.84 bits per heavy atom. The average molecular weight is 418 g/mol. The van der Waals surface area contributed by atoms with Gasteiger partial charge in [0.25, 0.3) is 0 Å². The molecule has 2 aromatic carbocycles. The number of hydrogen-bond donors (Lipinski definition) is 2. The molecule has 4 rings (SSSR count). The second-order valence-corrected chi connectivity index (χ2v) is 7.93. The molecule has 0 saturated carbocycles. The fourth-order valence-corrected chi connectivity index (χ4v) is 3.95. The number of nitrogens with zero attached hydrogens (tertiary/aromatic N) is 3. The zero-order valence-corrected chi connectivity index (χ0v) is 18.2. The van der Waals surface area contributed by atoms with Crippen molar-refractivity contribution in [2.24, 2.45) is 5.73 Å². The number of anilines is 1. The van der Waals surface area contributed by atoms with Crippen LogP contribution in [0.15, 0.2) is 48.5 Å². The van der Waals surface area contributed by atoms with Crippen LogP contribution in [0.1, 0.15) is 44.0 Å². The molecular formula is C25H31N5O. The Labute approximate surface area is 183 Å². The summed E-state index contributed by atoms with van der Waals surface area (Å²) in [4.78, 5) is 9.53. The molecule has 6 nitrogen and oxygen atoms in total. The van der Waals surface area contributed by atoms with Gasteiger partial charge in [-0.3, -0.25) is 0 Å². The van der Waals surface area contributed by atoms with Gasteiger partial charge in [0.15, 0.2) is 5.82 Å². The molecule has 4 aromatic rings. The van der Waals surface area contributed by atoms with Crippen LogP contribution >= 0.6 is 0 Å². The largest absolute Gasteiger partial charge is 0.489 e. The first kappa shape index (κ1) is 21.1. The average Bonchev–Trinajstić information content (AvgIpc) is 3.17. The molecule has 6 heteroatoms. The summed E-state index contributed by atoms with van der Waals surface area (Å²) in [6, 6.07) is 16.2. The second kappa shape index (κ2) is 9.79. The van der Waals surface area contributed by atoms with Crippen molar-refractivity contribution in [1.82, 2.24) is 14.5 Å². The molecule has 0 spiro atoms. The number of imidazole rings is 1. The summed E-state index contributed by atoms with van der Waals surface area (Å²) in [5.41, 5.74) is 15.9. The Bertz CT molecular complexity index is 1150. The van der Waals surface area contributed by atoms with Crippen molar-refractivity contribution in [2.75, 3.05) is 12.3 Å². The van der Waals surface area contributed by atoms with Gasteiger partial charge in [0.1, 0.15) is 23.7 Å². The standard InChI is InChI=1S/C25H31N5O/c1-2-3-11-22-29-23-24(30(22)15-8-7-14-26)20-16-19(12-13-21(20)28-25(23)27)31-17-18-9-5-4-6-10-18/h4-6,9-10,12-13,16H,2-3,7-8,11,14-15,17,26H2,1H3,(H2,27,28). The van der Waals surface area contributed by atoms with E-state index in [9.17, 15) is 0 Å². The van der Waals surface area contributed by atoms with Crippen molar-refractivity contribution < 1.29 is 4.74 Å². The second-order valence-electron chi connectivity index (χ2n) is 7.93. The first-order chi connectivity index (χ1) is 15.2. The highest BCUT2D eigenvalue weighted by atomic mass is 16.5. The van der Waals surface area contributed by atoms with Crippen LogP contribution in [0.2, 0.25) is 0 Å². The van der Waals surface area contributed by atoms with Gasteiger partial charge >= 0.3 is 0 Å². The van der Waals surface area contributed by atoms with E-state index in [0.29, 0.717) is 19.0 Å². The van der Waals surface area contributed by atoms with E-state index in [1.54, 1.807) is 0 Å². The third kappa shape index (κ3) is 4.64. The van der Waals surface area contributed by atoms with Crippen molar-refractivity contribution in [3.8, 4) is 5.75 Å². The molecule has 0 atom stereocenters. The number of ether oxygens (including phenoxy) is 1. The van der Waals surface area contributed by atoms with E-state index in [2.05, 4.69) is 34.7 Å². The van der Waals surface area contributed by atoms with Gasteiger partial charge in [-0.05, 0) is 49.6 Å². The monoisotopic (exact) mass is 417 g/mol. The van der Waals surface area contributed by atoms with Crippen LogP contribution in [0.4, 0.5) is 5.82 Å². The minimum absolute atomic E-state index is 0.482. The Balaban J connectivity index is 1.77. The number of aryl methyl sites for hydroxylation is 2. The molecule has 0 bridgehead atoms. The van der Waals surface area contributed by atoms with E-state index < -0.39 is 0 Å². The summed E-state index contributed by atoms with van der Waals surface area (Å²) >= 11 is 0. The summed E-state index contributed by atoms with van der Waals surface area (Å²) in [6.45, 7) is 4.29. The lowest BCUT2D eigenvalue weighted by atomic mass is 10.1. The van der Waals surface area contributed by atoms with Gasteiger partial charge < -0.3 is 20.8 Å². The predicted molar refractivity (Wildman–Crippen MR) is 127 cm³/mol. The zero-order valence-electron chi connectivity index (χ0n) is 18.2. The van der Waals surface area contributed by atoms with Crippen molar-refractivity contribution in [1.29, 1.82) is 0 Å². The lowest BCUT2D eigenvalue weighted by molar-refractivity contribution is 0.306. The highest BCUT2D eigenvalue weighted by molar-refractivity contribution is 6.07. The summed E-state index contributed by atoms with van der Waals surface area (Å²) < 4.78 is 8.41. The van der Waals surface area contributed by atoms with Crippen molar-refractivity contribution in [2.45, 2.75) is 52.2 Å². The van der Waals surface area contributed by atoms with E-state index in [4.69, 9.17) is 21.2 Å². The van der Waals surface area contributed by atoms with Crippen LogP contribution in [0, 0.1) is 0 Å². The molecule has 4 N–H and O–H groups in total. The van der Waals surface area contributed by atoms with Gasteiger partial charge in [0.05, 0.1) is 11.0 Å². The van der Waals surface area contributed by atoms with Gasteiger partial charge in [-0.15, -0.1) is 0 Å². The fourth-order valence-electron chi connectivity index (χ4n) is 3.95. The van der Waals surface area contributed by atoms with Gasteiger partial charge in [-0.1, -0.05) is 43.7 Å². The number of hydrogen-bond acceptors (Lipinski definition) is 5.